The van der Waals surface area contributed by atoms with Crippen LogP contribution in [0.1, 0.15) is 18.3 Å². The highest BCUT2D eigenvalue weighted by Crippen LogP contribution is 2.18. The number of benzene rings is 1. The number of ether oxygens (including phenoxy) is 1. The molecule has 2 aromatic heterocycles. The van der Waals surface area contributed by atoms with Gasteiger partial charge in [0.05, 0.1) is 5.69 Å². The van der Waals surface area contributed by atoms with E-state index in [0.717, 1.165) is 11.4 Å². The van der Waals surface area contributed by atoms with Crippen LogP contribution in [0.5, 0.6) is 5.75 Å². The van der Waals surface area contributed by atoms with Crippen LogP contribution in [0.3, 0.4) is 0 Å². The predicted octanol–water partition coefficient (Wildman–Crippen LogP) is 2.82. The number of para-hydroxylation sites is 1. The maximum absolute atomic E-state index is 13.6. The van der Waals surface area contributed by atoms with Crippen molar-refractivity contribution in [2.75, 3.05) is 5.32 Å². The van der Waals surface area contributed by atoms with Crippen molar-refractivity contribution in [1.29, 1.82) is 0 Å². The molecule has 0 saturated carbocycles. The summed E-state index contributed by atoms with van der Waals surface area (Å²) in [6, 6.07) is 9.44. The molecule has 3 aromatic rings. The van der Waals surface area contributed by atoms with E-state index in [-0.39, 0.29) is 5.75 Å². The van der Waals surface area contributed by atoms with Gasteiger partial charge in [0.15, 0.2) is 23.5 Å². The van der Waals surface area contributed by atoms with Crippen LogP contribution < -0.4 is 10.1 Å². The summed E-state index contributed by atoms with van der Waals surface area (Å²) in [5.74, 6) is -0.131. The van der Waals surface area contributed by atoms with E-state index >= 15 is 0 Å². The molecule has 7 nitrogen and oxygen atoms in total. The van der Waals surface area contributed by atoms with Gasteiger partial charge in [-0.3, -0.25) is 4.79 Å². The van der Waals surface area contributed by atoms with Gasteiger partial charge in [-0.2, -0.15) is 5.10 Å². The molecule has 8 heteroatoms. The molecule has 1 amide bonds. The minimum Gasteiger partial charge on any atom is -0.478 e. The molecule has 1 atom stereocenters. The van der Waals surface area contributed by atoms with Gasteiger partial charge in [-0.25, -0.2) is 19.0 Å². The summed E-state index contributed by atoms with van der Waals surface area (Å²) in [6.45, 7) is 5.32. The van der Waals surface area contributed by atoms with Gasteiger partial charge in [-0.1, -0.05) is 12.1 Å². The van der Waals surface area contributed by atoms with Crippen molar-refractivity contribution < 1.29 is 13.9 Å². The maximum atomic E-state index is 13.6. The Morgan fingerprint density at radius 1 is 1.23 bits per heavy atom. The van der Waals surface area contributed by atoms with Crippen LogP contribution in [0.4, 0.5) is 10.2 Å². The standard InChI is InChI=1S/C18H18FN5O2/c1-11-8-12(2)24(23-11)17-9-16(20-10-21-17)22-18(25)13(3)26-15-7-5-4-6-14(15)19/h4-10,13H,1-3H3,(H,20,21,22,25). The third-order valence-electron chi connectivity index (χ3n) is 3.64. The molecule has 2 heterocycles. The second-order valence-corrected chi connectivity index (χ2v) is 5.78. The van der Waals surface area contributed by atoms with Crippen molar-refractivity contribution in [2.45, 2.75) is 26.9 Å². The molecular weight excluding hydrogens is 337 g/mol. The van der Waals surface area contributed by atoms with E-state index in [2.05, 4.69) is 20.4 Å². The van der Waals surface area contributed by atoms with Crippen LogP contribution in [-0.2, 0) is 4.79 Å². The van der Waals surface area contributed by atoms with E-state index in [1.54, 1.807) is 22.9 Å². The van der Waals surface area contributed by atoms with Crippen LogP contribution in [-0.4, -0.2) is 31.8 Å². The van der Waals surface area contributed by atoms with Gasteiger partial charge in [0.25, 0.3) is 5.91 Å². The van der Waals surface area contributed by atoms with Crippen LogP contribution in [0.2, 0.25) is 0 Å². The first kappa shape index (κ1) is 17.5. The molecule has 0 saturated heterocycles. The molecule has 0 aliphatic heterocycles. The molecule has 0 bridgehead atoms. The number of carbonyl (C=O) groups excluding carboxylic acids is 1. The van der Waals surface area contributed by atoms with Crippen molar-refractivity contribution in [3.8, 4) is 11.6 Å². The summed E-state index contributed by atoms with van der Waals surface area (Å²) < 4.78 is 20.7. The zero-order valence-corrected chi connectivity index (χ0v) is 14.6. The zero-order chi connectivity index (χ0) is 18.7. The molecular formula is C18H18FN5O2. The monoisotopic (exact) mass is 355 g/mol. The highest BCUT2D eigenvalue weighted by molar-refractivity contribution is 5.93. The van der Waals surface area contributed by atoms with Gasteiger partial charge in [0, 0.05) is 11.8 Å². The summed E-state index contributed by atoms with van der Waals surface area (Å²) in [5.41, 5.74) is 1.77. The fourth-order valence-corrected chi connectivity index (χ4v) is 2.40. The lowest BCUT2D eigenvalue weighted by Crippen LogP contribution is -2.30. The number of rotatable bonds is 5. The lowest BCUT2D eigenvalue weighted by molar-refractivity contribution is -0.122. The first-order chi connectivity index (χ1) is 12.4. The Balaban J connectivity index is 1.72. The Morgan fingerprint density at radius 2 is 2.00 bits per heavy atom. The molecule has 134 valence electrons. The van der Waals surface area contributed by atoms with Crippen LogP contribution in [0.15, 0.2) is 42.7 Å². The second kappa shape index (κ2) is 7.30. The fraction of sp³-hybridized carbons (Fsp3) is 0.222. The number of aromatic nitrogens is 4. The normalized spacial score (nSPS) is 11.8. The average Bonchev–Trinajstić information content (AvgIpc) is 2.95. The van der Waals surface area contributed by atoms with Gasteiger partial charge in [-0.05, 0) is 39.0 Å². The lowest BCUT2D eigenvalue weighted by atomic mass is 10.3. The number of nitrogens with zero attached hydrogens (tertiary/aromatic N) is 4. The average molecular weight is 355 g/mol. The maximum Gasteiger partial charge on any atom is 0.266 e. The number of amides is 1. The Hall–Kier alpha value is -3.29. The quantitative estimate of drug-likeness (QED) is 0.761. The molecule has 0 aliphatic rings. The predicted molar refractivity (Wildman–Crippen MR) is 93.7 cm³/mol. The number of hydrogen-bond acceptors (Lipinski definition) is 5. The van der Waals surface area contributed by atoms with Crippen LogP contribution in [0, 0.1) is 19.7 Å². The minimum absolute atomic E-state index is 0.0150. The number of hydrogen-bond donors (Lipinski definition) is 1. The highest BCUT2D eigenvalue weighted by atomic mass is 19.1. The smallest absolute Gasteiger partial charge is 0.266 e. The largest absolute Gasteiger partial charge is 0.478 e. The SMILES string of the molecule is Cc1cc(C)n(-c2cc(NC(=O)C(C)Oc3ccccc3F)ncn2)n1. The molecule has 0 aliphatic carbocycles. The summed E-state index contributed by atoms with van der Waals surface area (Å²) in [4.78, 5) is 20.5. The van der Waals surface area contributed by atoms with E-state index in [4.69, 9.17) is 4.74 Å². The van der Waals surface area contributed by atoms with Gasteiger partial charge >= 0.3 is 0 Å². The number of aryl methyl sites for hydroxylation is 2. The second-order valence-electron chi connectivity index (χ2n) is 5.78. The molecule has 3 rings (SSSR count). The van der Waals surface area contributed by atoms with Gasteiger partial charge in [0.1, 0.15) is 12.1 Å². The van der Waals surface area contributed by atoms with E-state index in [0.29, 0.717) is 11.6 Å². The number of carbonyl (C=O) groups is 1. The molecule has 26 heavy (non-hydrogen) atoms. The Labute approximate surface area is 149 Å². The van der Waals surface area contributed by atoms with Crippen molar-refractivity contribution in [3.63, 3.8) is 0 Å². The summed E-state index contributed by atoms with van der Waals surface area (Å²) in [5, 5.41) is 6.99. The summed E-state index contributed by atoms with van der Waals surface area (Å²) >= 11 is 0. The van der Waals surface area contributed by atoms with E-state index in [9.17, 15) is 9.18 Å². The van der Waals surface area contributed by atoms with Gasteiger partial charge in [0.2, 0.25) is 0 Å². The summed E-state index contributed by atoms with van der Waals surface area (Å²) in [7, 11) is 0. The zero-order valence-electron chi connectivity index (χ0n) is 14.6. The van der Waals surface area contributed by atoms with E-state index in [1.807, 2.05) is 19.9 Å². The topological polar surface area (TPSA) is 81.9 Å². The molecule has 1 N–H and O–H groups in total. The van der Waals surface area contributed by atoms with Crippen LogP contribution >= 0.6 is 0 Å². The van der Waals surface area contributed by atoms with E-state index < -0.39 is 17.8 Å². The third-order valence-corrected chi connectivity index (χ3v) is 3.64. The third kappa shape index (κ3) is 3.85. The highest BCUT2D eigenvalue weighted by Gasteiger charge is 2.17. The Bertz CT molecular complexity index is 941. The summed E-state index contributed by atoms with van der Waals surface area (Å²) in [6.07, 6.45) is 0.433. The Morgan fingerprint density at radius 3 is 2.69 bits per heavy atom. The number of nitrogens with one attached hydrogen (secondary N) is 1. The number of halogens is 1. The molecule has 0 radical (unpaired) electrons. The molecule has 0 fully saturated rings. The lowest BCUT2D eigenvalue weighted by Gasteiger charge is -2.15. The fourth-order valence-electron chi connectivity index (χ4n) is 2.40. The van der Waals surface area contributed by atoms with Gasteiger partial charge in [-0.15, -0.1) is 0 Å². The molecule has 1 aromatic carbocycles. The van der Waals surface area contributed by atoms with Crippen molar-refractivity contribution in [2.24, 2.45) is 0 Å². The van der Waals surface area contributed by atoms with E-state index in [1.165, 1.54) is 25.4 Å². The van der Waals surface area contributed by atoms with Gasteiger partial charge < -0.3 is 10.1 Å². The van der Waals surface area contributed by atoms with Crippen molar-refractivity contribution in [1.82, 2.24) is 19.7 Å². The van der Waals surface area contributed by atoms with Crippen molar-refractivity contribution >= 4 is 11.7 Å². The first-order valence-corrected chi connectivity index (χ1v) is 8.02. The first-order valence-electron chi connectivity index (χ1n) is 8.02. The number of anilines is 1. The Kier molecular flexibility index (Phi) is 4.92. The minimum atomic E-state index is -0.904. The molecule has 1 unspecified atom stereocenters. The van der Waals surface area contributed by atoms with Crippen LogP contribution in [0.25, 0.3) is 5.82 Å². The van der Waals surface area contributed by atoms with Crippen molar-refractivity contribution in [3.05, 3.63) is 59.9 Å². The molecule has 0 spiro atoms.